The number of phenolic OH excluding ortho intramolecular Hbond substituents is 1. The van der Waals surface area contributed by atoms with Crippen molar-refractivity contribution in [2.75, 3.05) is 18.6 Å². The number of aliphatic hydroxyl groups is 1. The molecule has 3 saturated carbocycles. The number of benzene rings is 1. The van der Waals surface area contributed by atoms with E-state index in [1.54, 1.807) is 13.2 Å². The third-order valence-electron chi connectivity index (χ3n) is 12.4. The van der Waals surface area contributed by atoms with Crippen LogP contribution in [0.3, 0.4) is 0 Å². The predicted octanol–water partition coefficient (Wildman–Crippen LogP) is 9.22. The molecule has 45 heavy (non-hydrogen) atoms. The number of phenols is 1. The number of hydrogen-bond acceptors (Lipinski definition) is 4. The first-order valence-electron chi connectivity index (χ1n) is 17.1. The first-order valence-corrected chi connectivity index (χ1v) is 18.6. The fraction of sp³-hybridized carbons (Fsp3) is 0.829. The molecular weight excluding hydrogens is 611 g/mol. The van der Waals surface area contributed by atoms with E-state index < -0.39 is 35.7 Å². The van der Waals surface area contributed by atoms with Crippen LogP contribution < -0.4 is 0 Å². The fourth-order valence-electron chi connectivity index (χ4n) is 9.87. The quantitative estimate of drug-likeness (QED) is 0.145. The van der Waals surface area contributed by atoms with Gasteiger partial charge in [0.15, 0.2) is 0 Å². The molecule has 256 valence electrons. The van der Waals surface area contributed by atoms with Crippen LogP contribution in [0.4, 0.5) is 22.0 Å². The number of halogens is 5. The molecule has 8 atom stereocenters. The van der Waals surface area contributed by atoms with Crippen molar-refractivity contribution in [3.63, 3.8) is 0 Å². The fourth-order valence-corrected chi connectivity index (χ4v) is 11.1. The molecule has 4 aliphatic carbocycles. The number of methoxy groups -OCH3 is 1. The first-order chi connectivity index (χ1) is 21.3. The van der Waals surface area contributed by atoms with E-state index in [0.29, 0.717) is 35.8 Å². The normalized spacial score (nSPS) is 32.6. The average Bonchev–Trinajstić information content (AvgIpc) is 3.76. The predicted molar refractivity (Wildman–Crippen MR) is 166 cm³/mol. The summed E-state index contributed by atoms with van der Waals surface area (Å²) in [6, 6.07) is 5.81. The second kappa shape index (κ2) is 13.7. The highest BCUT2D eigenvalue weighted by Gasteiger charge is 2.71. The molecule has 5 unspecified atom stereocenters. The van der Waals surface area contributed by atoms with Gasteiger partial charge in [-0.3, -0.25) is 4.21 Å². The van der Waals surface area contributed by atoms with E-state index in [4.69, 9.17) is 4.74 Å². The number of aromatic hydroxyl groups is 1. The van der Waals surface area contributed by atoms with Gasteiger partial charge in [0.25, 0.3) is 0 Å². The molecule has 0 radical (unpaired) electrons. The highest BCUT2D eigenvalue weighted by atomic mass is 32.2. The molecule has 0 heterocycles. The van der Waals surface area contributed by atoms with Crippen LogP contribution in [-0.4, -0.2) is 51.2 Å². The lowest BCUT2D eigenvalue weighted by molar-refractivity contribution is -0.284. The Morgan fingerprint density at radius 3 is 2.22 bits per heavy atom. The number of ether oxygens (including phenoxy) is 1. The van der Waals surface area contributed by atoms with Crippen molar-refractivity contribution in [1.29, 1.82) is 0 Å². The number of alkyl halides is 5. The van der Waals surface area contributed by atoms with Crippen LogP contribution in [0.5, 0.6) is 5.75 Å². The van der Waals surface area contributed by atoms with Crippen molar-refractivity contribution in [2.45, 2.75) is 133 Å². The number of rotatable bonds is 15. The summed E-state index contributed by atoms with van der Waals surface area (Å²) in [5.74, 6) is -2.58. The molecule has 0 aromatic heterocycles. The maximum absolute atomic E-state index is 13.0. The second-order valence-corrected chi connectivity index (χ2v) is 16.4. The molecule has 2 N–H and O–H groups in total. The largest absolute Gasteiger partial charge is 0.508 e. The third-order valence-corrected chi connectivity index (χ3v) is 13.9. The number of aliphatic hydroxyl groups excluding tert-OH is 1. The van der Waals surface area contributed by atoms with Crippen LogP contribution in [0.25, 0.3) is 0 Å². The third kappa shape index (κ3) is 6.85. The summed E-state index contributed by atoms with van der Waals surface area (Å²) in [7, 11) is 0.410. The van der Waals surface area contributed by atoms with Crippen molar-refractivity contribution in [1.82, 2.24) is 0 Å². The summed E-state index contributed by atoms with van der Waals surface area (Å²) < 4.78 is 81.1. The van der Waals surface area contributed by atoms with Gasteiger partial charge in [0.2, 0.25) is 0 Å². The zero-order valence-electron chi connectivity index (χ0n) is 26.7. The zero-order valence-corrected chi connectivity index (χ0v) is 27.5. The van der Waals surface area contributed by atoms with Gasteiger partial charge in [-0.25, -0.2) is 0 Å². The van der Waals surface area contributed by atoms with Crippen LogP contribution >= 0.6 is 0 Å². The highest BCUT2D eigenvalue weighted by Crippen LogP contribution is 2.77. The molecule has 1 aromatic rings. The van der Waals surface area contributed by atoms with Gasteiger partial charge < -0.3 is 14.9 Å². The Bertz CT molecular complexity index is 1190. The molecule has 0 aliphatic heterocycles. The van der Waals surface area contributed by atoms with E-state index in [-0.39, 0.29) is 34.5 Å². The van der Waals surface area contributed by atoms with Crippen molar-refractivity contribution in [2.24, 2.45) is 28.6 Å². The molecular formula is C35H51F5O4S. The Morgan fingerprint density at radius 2 is 1.58 bits per heavy atom. The molecule has 10 heteroatoms. The molecule has 0 bridgehead atoms. The Kier molecular flexibility index (Phi) is 10.7. The number of fused-ring (bicyclic) bond motifs is 6. The molecule has 0 saturated heterocycles. The SMILES string of the molecule is CO[C@@H]1c2cc(O)ccc2C2CC[C@@]3(C)C(C[C@@H](O)C34CC4)C2C1CCCCCCCCCS(=O)CCCC(F)(F)C(F)(F)F. The van der Waals surface area contributed by atoms with E-state index in [9.17, 15) is 36.4 Å². The van der Waals surface area contributed by atoms with Gasteiger partial charge in [-0.15, -0.1) is 0 Å². The van der Waals surface area contributed by atoms with Gasteiger partial charge in [0, 0.05) is 41.3 Å². The van der Waals surface area contributed by atoms with Crippen LogP contribution in [0, 0.1) is 28.6 Å². The summed E-state index contributed by atoms with van der Waals surface area (Å²) in [6.45, 7) is 2.45. The number of unbranched alkanes of at least 4 members (excludes halogenated alkanes) is 6. The van der Waals surface area contributed by atoms with Gasteiger partial charge in [0.1, 0.15) is 5.75 Å². The van der Waals surface area contributed by atoms with Gasteiger partial charge in [-0.1, -0.05) is 51.5 Å². The topological polar surface area (TPSA) is 66.8 Å². The van der Waals surface area contributed by atoms with E-state index in [1.807, 2.05) is 6.07 Å². The van der Waals surface area contributed by atoms with Gasteiger partial charge in [-0.2, -0.15) is 22.0 Å². The van der Waals surface area contributed by atoms with Gasteiger partial charge in [0.05, 0.1) is 12.2 Å². The minimum Gasteiger partial charge on any atom is -0.508 e. The summed E-state index contributed by atoms with van der Waals surface area (Å²) >= 11 is 0. The summed E-state index contributed by atoms with van der Waals surface area (Å²) in [5.41, 5.74) is 2.70. The van der Waals surface area contributed by atoms with Crippen molar-refractivity contribution in [3.05, 3.63) is 29.3 Å². The maximum Gasteiger partial charge on any atom is 0.453 e. The monoisotopic (exact) mass is 662 g/mol. The van der Waals surface area contributed by atoms with E-state index in [0.717, 1.165) is 82.6 Å². The lowest BCUT2D eigenvalue weighted by Crippen LogP contribution is -2.48. The molecule has 4 nitrogen and oxygen atoms in total. The van der Waals surface area contributed by atoms with Crippen LogP contribution in [0.2, 0.25) is 0 Å². The van der Waals surface area contributed by atoms with Crippen LogP contribution in [0.15, 0.2) is 18.2 Å². The molecule has 0 amide bonds. The van der Waals surface area contributed by atoms with Crippen LogP contribution in [-0.2, 0) is 15.5 Å². The molecule has 5 rings (SSSR count). The Balaban J connectivity index is 1.09. The first kappa shape index (κ1) is 35.1. The zero-order chi connectivity index (χ0) is 32.6. The molecule has 3 fully saturated rings. The summed E-state index contributed by atoms with van der Waals surface area (Å²) in [4.78, 5) is 0. The Labute approximate surface area is 267 Å². The maximum atomic E-state index is 13.0. The Morgan fingerprint density at radius 1 is 0.933 bits per heavy atom. The summed E-state index contributed by atoms with van der Waals surface area (Å²) in [6.07, 6.45) is 5.69. The minimum absolute atomic E-state index is 0.0795. The average molecular weight is 663 g/mol. The summed E-state index contributed by atoms with van der Waals surface area (Å²) in [5, 5.41) is 21.6. The van der Waals surface area contributed by atoms with Crippen molar-refractivity contribution in [3.8, 4) is 5.75 Å². The van der Waals surface area contributed by atoms with E-state index in [1.165, 1.54) is 5.56 Å². The van der Waals surface area contributed by atoms with Gasteiger partial charge in [-0.05, 0) is 104 Å². The van der Waals surface area contributed by atoms with Crippen molar-refractivity contribution < 1.29 is 41.1 Å². The Hall–Kier alpha value is -1.26. The lowest BCUT2D eigenvalue weighted by atomic mass is 9.50. The lowest BCUT2D eigenvalue weighted by Gasteiger charge is -2.55. The standard InChI is InChI=1S/C35H51F5O4S/c1-32-16-14-25-24-13-12-23(41)21-27(24)31(44-2)26(30(25)28(32)22-29(42)33(32)17-18-33)11-8-6-4-3-5-7-9-19-45(43)20-10-15-34(36,37)35(38,39)40/h12-13,21,25-26,28-31,41-42H,3-11,14-20,22H2,1-2H3/t25?,26?,28?,29-,30?,31+,32+,45?/m1/s1. The van der Waals surface area contributed by atoms with Crippen molar-refractivity contribution >= 4 is 10.8 Å². The molecule has 1 spiro atoms. The number of hydrogen-bond donors (Lipinski definition) is 2. The highest BCUT2D eigenvalue weighted by molar-refractivity contribution is 7.84. The second-order valence-electron chi connectivity index (χ2n) is 14.7. The minimum atomic E-state index is -5.55. The molecule has 4 aliphatic rings. The van der Waals surface area contributed by atoms with E-state index >= 15 is 0 Å². The van der Waals surface area contributed by atoms with Crippen LogP contribution in [0.1, 0.15) is 126 Å². The van der Waals surface area contributed by atoms with E-state index in [2.05, 4.69) is 13.0 Å². The smallest absolute Gasteiger partial charge is 0.453 e. The molecule has 1 aromatic carbocycles. The van der Waals surface area contributed by atoms with Gasteiger partial charge >= 0.3 is 12.1 Å².